The lowest BCUT2D eigenvalue weighted by Gasteiger charge is -2.34. The van der Waals surface area contributed by atoms with Gasteiger partial charge < -0.3 is 10.8 Å². The second-order valence-corrected chi connectivity index (χ2v) is 4.96. The molecule has 17 heavy (non-hydrogen) atoms. The largest absolute Gasteiger partial charge is 0.394 e. The number of rotatable bonds is 5. The summed E-state index contributed by atoms with van der Waals surface area (Å²) in [6.45, 7) is 4.67. The summed E-state index contributed by atoms with van der Waals surface area (Å²) < 4.78 is 13.7. The Labute approximate surface area is 102 Å². The fraction of sp³-hybridized carbons (Fsp3) is 0.538. The Bertz CT molecular complexity index is 380. The second kappa shape index (κ2) is 5.58. The lowest BCUT2D eigenvalue weighted by atomic mass is 10.0. The minimum Gasteiger partial charge on any atom is -0.394 e. The smallest absolute Gasteiger partial charge is 0.128 e. The van der Waals surface area contributed by atoms with Crippen molar-refractivity contribution in [1.29, 1.82) is 0 Å². The van der Waals surface area contributed by atoms with Crippen LogP contribution >= 0.6 is 0 Å². The van der Waals surface area contributed by atoms with Gasteiger partial charge in [0.05, 0.1) is 6.61 Å². The van der Waals surface area contributed by atoms with Crippen molar-refractivity contribution < 1.29 is 9.50 Å². The van der Waals surface area contributed by atoms with Crippen molar-refractivity contribution in [3.63, 3.8) is 0 Å². The van der Waals surface area contributed by atoms with Crippen molar-refractivity contribution in [2.45, 2.75) is 32.5 Å². The molecule has 96 valence electrons. The Morgan fingerprint density at radius 2 is 2.06 bits per heavy atom. The third-order valence-electron chi connectivity index (χ3n) is 3.18. The number of halogens is 1. The maximum Gasteiger partial charge on any atom is 0.128 e. The Kier molecular flexibility index (Phi) is 4.62. The van der Waals surface area contributed by atoms with Crippen LogP contribution in [0.3, 0.4) is 0 Å². The highest BCUT2D eigenvalue weighted by Crippen LogP contribution is 2.18. The number of likely N-dealkylation sites (N-methyl/N-ethyl adjacent to an activating group) is 1. The molecular formula is C13H21FN2O. The van der Waals surface area contributed by atoms with Crippen LogP contribution < -0.4 is 5.73 Å². The first kappa shape index (κ1) is 14.1. The molecule has 3 nitrogen and oxygen atoms in total. The molecule has 1 aromatic carbocycles. The van der Waals surface area contributed by atoms with Crippen molar-refractivity contribution in [3.8, 4) is 0 Å². The number of nitrogens with two attached hydrogens (primary N) is 1. The number of nitrogens with zero attached hydrogens (tertiary/aromatic N) is 1. The van der Waals surface area contributed by atoms with Crippen molar-refractivity contribution in [3.05, 3.63) is 35.1 Å². The highest BCUT2D eigenvalue weighted by molar-refractivity contribution is 5.24. The minimum atomic E-state index is -0.362. The van der Waals surface area contributed by atoms with E-state index in [1.807, 2.05) is 31.9 Å². The number of aliphatic hydroxyl groups is 1. The van der Waals surface area contributed by atoms with Gasteiger partial charge in [0.1, 0.15) is 5.82 Å². The monoisotopic (exact) mass is 240 g/mol. The average Bonchev–Trinajstić information content (AvgIpc) is 2.31. The van der Waals surface area contributed by atoms with Crippen LogP contribution in [0.1, 0.15) is 25.0 Å². The van der Waals surface area contributed by atoms with Crippen LogP contribution in [-0.4, -0.2) is 29.2 Å². The van der Waals surface area contributed by atoms with E-state index in [0.29, 0.717) is 18.7 Å². The summed E-state index contributed by atoms with van der Waals surface area (Å²) in [6.07, 6.45) is 0. The number of hydrogen-bond acceptors (Lipinski definition) is 3. The molecule has 1 aromatic rings. The fourth-order valence-corrected chi connectivity index (χ4v) is 1.44. The molecule has 0 aliphatic heterocycles. The summed E-state index contributed by atoms with van der Waals surface area (Å²) in [5, 5.41) is 9.24. The first-order chi connectivity index (χ1) is 7.90. The topological polar surface area (TPSA) is 49.5 Å². The summed E-state index contributed by atoms with van der Waals surface area (Å²) in [5.41, 5.74) is 6.49. The van der Waals surface area contributed by atoms with E-state index < -0.39 is 0 Å². The second-order valence-electron chi connectivity index (χ2n) is 4.96. The van der Waals surface area contributed by atoms with Crippen LogP contribution in [0.15, 0.2) is 18.2 Å². The maximum atomic E-state index is 13.7. The van der Waals surface area contributed by atoms with E-state index in [9.17, 15) is 9.50 Å². The van der Waals surface area contributed by atoms with Crippen molar-refractivity contribution in [1.82, 2.24) is 4.90 Å². The molecule has 0 unspecified atom stereocenters. The van der Waals surface area contributed by atoms with Gasteiger partial charge in [-0.2, -0.15) is 0 Å². The SMILES string of the molecule is CN(Cc1ccc(CN)cc1F)C(C)(C)CO. The molecular weight excluding hydrogens is 219 g/mol. The van der Waals surface area contributed by atoms with Gasteiger partial charge in [-0.3, -0.25) is 4.90 Å². The molecule has 4 heteroatoms. The number of hydrogen-bond donors (Lipinski definition) is 2. The molecule has 0 radical (unpaired) electrons. The Morgan fingerprint density at radius 1 is 1.41 bits per heavy atom. The molecule has 3 N–H and O–H groups in total. The van der Waals surface area contributed by atoms with E-state index in [4.69, 9.17) is 5.73 Å². The molecule has 0 heterocycles. The maximum absolute atomic E-state index is 13.7. The Morgan fingerprint density at radius 3 is 2.53 bits per heavy atom. The van der Waals surface area contributed by atoms with Gasteiger partial charge in [0.25, 0.3) is 0 Å². The normalized spacial score (nSPS) is 12.2. The molecule has 0 aliphatic rings. The Balaban J connectivity index is 2.82. The van der Waals surface area contributed by atoms with Crippen LogP contribution in [0.5, 0.6) is 0 Å². The lowest BCUT2D eigenvalue weighted by molar-refractivity contribution is 0.0725. The zero-order chi connectivity index (χ0) is 13.1. The van der Waals surface area contributed by atoms with Gasteiger partial charge in [-0.05, 0) is 32.5 Å². The molecule has 0 aliphatic carbocycles. The summed E-state index contributed by atoms with van der Waals surface area (Å²) in [6, 6.07) is 5.05. The van der Waals surface area contributed by atoms with Gasteiger partial charge in [0.2, 0.25) is 0 Å². The van der Waals surface area contributed by atoms with Crippen LogP contribution in [0.2, 0.25) is 0 Å². The summed E-state index contributed by atoms with van der Waals surface area (Å²) >= 11 is 0. The minimum absolute atomic E-state index is 0.0337. The van der Waals surface area contributed by atoms with Gasteiger partial charge in [0, 0.05) is 24.2 Å². The molecule has 0 amide bonds. The zero-order valence-corrected chi connectivity index (χ0v) is 10.7. The van der Waals surface area contributed by atoms with E-state index in [0.717, 1.165) is 5.56 Å². The summed E-state index contributed by atoms with van der Waals surface area (Å²) in [5.74, 6) is -0.242. The summed E-state index contributed by atoms with van der Waals surface area (Å²) in [7, 11) is 1.87. The van der Waals surface area contributed by atoms with Crippen LogP contribution in [0.25, 0.3) is 0 Å². The molecule has 0 saturated heterocycles. The first-order valence-electron chi connectivity index (χ1n) is 5.70. The van der Waals surface area contributed by atoms with E-state index >= 15 is 0 Å². The van der Waals surface area contributed by atoms with Gasteiger partial charge in [-0.15, -0.1) is 0 Å². The molecule has 0 aromatic heterocycles. The zero-order valence-electron chi connectivity index (χ0n) is 10.7. The predicted octanol–water partition coefficient (Wildman–Crippen LogP) is 1.49. The van der Waals surface area contributed by atoms with E-state index in [1.54, 1.807) is 6.07 Å². The van der Waals surface area contributed by atoms with Crippen molar-refractivity contribution >= 4 is 0 Å². The van der Waals surface area contributed by atoms with Crippen molar-refractivity contribution in [2.75, 3.05) is 13.7 Å². The highest BCUT2D eigenvalue weighted by atomic mass is 19.1. The molecule has 0 atom stereocenters. The van der Waals surface area contributed by atoms with Crippen LogP contribution in [-0.2, 0) is 13.1 Å². The lowest BCUT2D eigenvalue weighted by Crippen LogP contribution is -2.43. The third-order valence-corrected chi connectivity index (χ3v) is 3.18. The number of benzene rings is 1. The molecule has 0 saturated carbocycles. The third kappa shape index (κ3) is 3.49. The van der Waals surface area contributed by atoms with Gasteiger partial charge in [-0.1, -0.05) is 12.1 Å². The Hall–Kier alpha value is -0.970. The molecule has 0 bridgehead atoms. The highest BCUT2D eigenvalue weighted by Gasteiger charge is 2.23. The molecule has 0 fully saturated rings. The molecule has 1 rings (SSSR count). The quantitative estimate of drug-likeness (QED) is 0.819. The van der Waals surface area contributed by atoms with Gasteiger partial charge in [0.15, 0.2) is 0 Å². The van der Waals surface area contributed by atoms with Gasteiger partial charge >= 0.3 is 0 Å². The van der Waals surface area contributed by atoms with E-state index in [2.05, 4.69) is 0 Å². The van der Waals surface area contributed by atoms with Gasteiger partial charge in [-0.25, -0.2) is 4.39 Å². The predicted molar refractivity (Wildman–Crippen MR) is 66.9 cm³/mol. The fourth-order valence-electron chi connectivity index (χ4n) is 1.44. The van der Waals surface area contributed by atoms with Crippen molar-refractivity contribution in [2.24, 2.45) is 5.73 Å². The standard InChI is InChI=1S/C13H21FN2O/c1-13(2,9-17)16(3)8-11-5-4-10(7-15)6-12(11)14/h4-6,17H,7-9,15H2,1-3H3. The number of aliphatic hydroxyl groups excluding tert-OH is 1. The van der Waals surface area contributed by atoms with Crippen LogP contribution in [0.4, 0.5) is 4.39 Å². The molecule has 0 spiro atoms. The van der Waals surface area contributed by atoms with E-state index in [1.165, 1.54) is 6.07 Å². The first-order valence-corrected chi connectivity index (χ1v) is 5.70. The van der Waals surface area contributed by atoms with Crippen LogP contribution in [0, 0.1) is 5.82 Å². The van der Waals surface area contributed by atoms with E-state index in [-0.39, 0.29) is 18.0 Å². The average molecular weight is 240 g/mol. The summed E-state index contributed by atoms with van der Waals surface area (Å²) in [4.78, 5) is 1.92.